The number of fused-ring (bicyclic) bond motifs is 2. The van der Waals surface area contributed by atoms with E-state index in [4.69, 9.17) is 18.9 Å². The van der Waals surface area contributed by atoms with E-state index < -0.39 is 28.3 Å². The Labute approximate surface area is 216 Å². The van der Waals surface area contributed by atoms with Crippen molar-refractivity contribution in [3.05, 3.63) is 53.6 Å². The van der Waals surface area contributed by atoms with Crippen LogP contribution in [0, 0.1) is 6.92 Å². The number of carbonyl (C=O) groups excluding carboxylic acids is 1. The van der Waals surface area contributed by atoms with Crippen molar-refractivity contribution in [3.63, 3.8) is 0 Å². The van der Waals surface area contributed by atoms with Crippen LogP contribution in [0.2, 0.25) is 0 Å². The molecule has 1 amide bonds. The van der Waals surface area contributed by atoms with Crippen molar-refractivity contribution >= 4 is 15.9 Å². The van der Waals surface area contributed by atoms with Gasteiger partial charge in [0.25, 0.3) is 0 Å². The Morgan fingerprint density at radius 3 is 2.78 bits per heavy atom. The third-order valence-electron chi connectivity index (χ3n) is 6.87. The molecule has 2 saturated heterocycles. The Morgan fingerprint density at radius 1 is 1.11 bits per heavy atom. The third kappa shape index (κ3) is 5.91. The Morgan fingerprint density at radius 2 is 1.95 bits per heavy atom. The zero-order chi connectivity index (χ0) is 26.0. The summed E-state index contributed by atoms with van der Waals surface area (Å²) in [6, 6.07) is 11.8. The number of sulfonamides is 1. The Bertz CT molecular complexity index is 1240. The molecule has 0 saturated carbocycles. The summed E-state index contributed by atoms with van der Waals surface area (Å²) >= 11 is 0. The van der Waals surface area contributed by atoms with Crippen LogP contribution >= 0.6 is 0 Å². The van der Waals surface area contributed by atoms with E-state index in [1.165, 1.54) is 4.31 Å². The molecule has 37 heavy (non-hydrogen) atoms. The number of aryl methyl sites for hydroxylation is 1. The molecule has 3 aliphatic rings. The van der Waals surface area contributed by atoms with Gasteiger partial charge in [-0.1, -0.05) is 18.2 Å². The molecule has 11 heteroatoms. The third-order valence-corrected chi connectivity index (χ3v) is 8.76. The van der Waals surface area contributed by atoms with Gasteiger partial charge in [0.2, 0.25) is 22.7 Å². The van der Waals surface area contributed by atoms with Gasteiger partial charge in [-0.3, -0.25) is 4.79 Å². The second-order valence-electron chi connectivity index (χ2n) is 9.69. The van der Waals surface area contributed by atoms with Crippen molar-refractivity contribution in [2.24, 2.45) is 0 Å². The van der Waals surface area contributed by atoms with Gasteiger partial charge in [0, 0.05) is 13.1 Å². The van der Waals surface area contributed by atoms with Crippen molar-refractivity contribution in [2.45, 2.75) is 62.0 Å². The summed E-state index contributed by atoms with van der Waals surface area (Å²) in [6.07, 6.45) is -0.705. The smallest absolute Gasteiger partial charge is 0.243 e. The SMILES string of the molecule is Cc1cccc(S(=O)(=O)N2C[C@H](O)COC[C@H]3O[C@@H](CC(=O)NCc4ccc5c(c4)OCO5)CC[C@@H]32)c1. The maximum atomic E-state index is 13.6. The number of nitrogens with zero attached hydrogens (tertiary/aromatic N) is 1. The van der Waals surface area contributed by atoms with E-state index in [1.54, 1.807) is 18.2 Å². The number of hydrogen-bond donors (Lipinski definition) is 2. The van der Waals surface area contributed by atoms with E-state index in [0.29, 0.717) is 30.9 Å². The molecule has 0 aliphatic carbocycles. The van der Waals surface area contributed by atoms with Gasteiger partial charge in [0.15, 0.2) is 11.5 Å². The second kappa shape index (κ2) is 11.0. The van der Waals surface area contributed by atoms with Crippen LogP contribution in [-0.4, -0.2) is 74.6 Å². The van der Waals surface area contributed by atoms with E-state index in [2.05, 4.69) is 5.32 Å². The van der Waals surface area contributed by atoms with Crippen molar-refractivity contribution in [1.29, 1.82) is 0 Å². The van der Waals surface area contributed by atoms with Crippen LogP contribution in [0.4, 0.5) is 0 Å². The molecule has 2 fully saturated rings. The molecule has 0 radical (unpaired) electrons. The Balaban J connectivity index is 1.23. The lowest BCUT2D eigenvalue weighted by Crippen LogP contribution is -2.57. The van der Waals surface area contributed by atoms with Crippen LogP contribution in [0.3, 0.4) is 0 Å². The van der Waals surface area contributed by atoms with Gasteiger partial charge in [-0.25, -0.2) is 8.42 Å². The van der Waals surface area contributed by atoms with Crippen molar-refractivity contribution < 1.29 is 37.3 Å². The fraction of sp³-hybridized carbons (Fsp3) is 0.500. The number of aliphatic hydroxyl groups is 1. The van der Waals surface area contributed by atoms with Gasteiger partial charge in [0.1, 0.15) is 0 Å². The quantitative estimate of drug-likeness (QED) is 0.577. The summed E-state index contributed by atoms with van der Waals surface area (Å²) < 4.78 is 51.1. The summed E-state index contributed by atoms with van der Waals surface area (Å²) in [5.74, 6) is 1.19. The van der Waals surface area contributed by atoms with Gasteiger partial charge in [-0.05, 0) is 55.2 Å². The second-order valence-corrected chi connectivity index (χ2v) is 11.6. The van der Waals surface area contributed by atoms with E-state index in [0.717, 1.165) is 11.1 Å². The molecule has 2 N–H and O–H groups in total. The van der Waals surface area contributed by atoms with Crippen LogP contribution in [-0.2, 0) is 30.8 Å². The summed E-state index contributed by atoms with van der Waals surface area (Å²) in [4.78, 5) is 12.9. The molecule has 4 atom stereocenters. The molecule has 0 bridgehead atoms. The normalized spacial score (nSPS) is 26.1. The number of β-amino-alcohol motifs (C(OH)–C–C–N with tert-alkyl or cyclic N) is 1. The fourth-order valence-corrected chi connectivity index (χ4v) is 6.83. The predicted octanol–water partition coefficient (Wildman–Crippen LogP) is 1.73. The van der Waals surface area contributed by atoms with Gasteiger partial charge < -0.3 is 29.4 Å². The highest BCUT2D eigenvalue weighted by atomic mass is 32.2. The number of rotatable bonds is 6. The fourth-order valence-electron chi connectivity index (χ4n) is 5.01. The molecule has 3 heterocycles. The number of amides is 1. The summed E-state index contributed by atoms with van der Waals surface area (Å²) in [7, 11) is -3.87. The minimum absolute atomic E-state index is 0.00705. The molecule has 2 aromatic carbocycles. The van der Waals surface area contributed by atoms with Crippen LogP contribution in [0.15, 0.2) is 47.4 Å². The van der Waals surface area contributed by atoms with E-state index in [1.807, 2.05) is 31.2 Å². The lowest BCUT2D eigenvalue weighted by molar-refractivity contribution is -0.146. The Hall–Kier alpha value is -2.70. The monoisotopic (exact) mass is 532 g/mol. The first kappa shape index (κ1) is 25.9. The molecule has 2 aromatic rings. The first-order valence-corrected chi connectivity index (χ1v) is 13.9. The van der Waals surface area contributed by atoms with Gasteiger partial charge >= 0.3 is 0 Å². The molecule has 0 spiro atoms. The van der Waals surface area contributed by atoms with Crippen molar-refractivity contribution in [2.75, 3.05) is 26.6 Å². The molecule has 5 rings (SSSR count). The zero-order valence-electron chi connectivity index (χ0n) is 20.7. The van der Waals surface area contributed by atoms with Crippen molar-refractivity contribution in [1.82, 2.24) is 9.62 Å². The highest BCUT2D eigenvalue weighted by molar-refractivity contribution is 7.89. The molecule has 0 unspecified atom stereocenters. The number of carbonyl (C=O) groups is 1. The molecule has 200 valence electrons. The molecular formula is C26H32N2O8S. The van der Waals surface area contributed by atoms with E-state index >= 15 is 0 Å². The van der Waals surface area contributed by atoms with E-state index in [-0.39, 0.29) is 49.9 Å². The number of nitrogens with one attached hydrogen (secondary N) is 1. The first-order chi connectivity index (χ1) is 17.8. The lowest BCUT2D eigenvalue weighted by Gasteiger charge is -2.43. The summed E-state index contributed by atoms with van der Waals surface area (Å²) in [5.41, 5.74) is 1.73. The lowest BCUT2D eigenvalue weighted by atomic mass is 9.96. The maximum absolute atomic E-state index is 13.6. The highest BCUT2D eigenvalue weighted by Crippen LogP contribution is 2.33. The van der Waals surface area contributed by atoms with Crippen molar-refractivity contribution in [3.8, 4) is 11.5 Å². The molecule has 3 aliphatic heterocycles. The van der Waals surface area contributed by atoms with Crippen LogP contribution < -0.4 is 14.8 Å². The number of hydrogen-bond acceptors (Lipinski definition) is 8. The maximum Gasteiger partial charge on any atom is 0.243 e. The van der Waals surface area contributed by atoms with Gasteiger partial charge in [-0.2, -0.15) is 4.31 Å². The van der Waals surface area contributed by atoms with Crippen LogP contribution in [0.25, 0.3) is 0 Å². The molecule has 0 aromatic heterocycles. The average Bonchev–Trinajstić information content (AvgIpc) is 3.33. The molecule has 10 nitrogen and oxygen atoms in total. The number of aliphatic hydroxyl groups excluding tert-OH is 1. The molecular weight excluding hydrogens is 500 g/mol. The van der Waals surface area contributed by atoms with E-state index in [9.17, 15) is 18.3 Å². The summed E-state index contributed by atoms with van der Waals surface area (Å²) in [5, 5.41) is 13.3. The predicted molar refractivity (Wildman–Crippen MR) is 133 cm³/mol. The highest BCUT2D eigenvalue weighted by Gasteiger charge is 2.43. The number of benzene rings is 2. The summed E-state index contributed by atoms with van der Waals surface area (Å²) in [6.45, 7) is 2.44. The van der Waals surface area contributed by atoms with Gasteiger partial charge in [0.05, 0.1) is 48.9 Å². The standard InChI is InChI=1S/C26H32N2O8S/c1-17-3-2-4-21(9-17)37(31,32)28-13-19(29)14-33-15-25-22(28)7-6-20(36-25)11-26(30)27-12-18-5-8-23-24(10-18)35-16-34-23/h2-5,8-10,19-20,22,25,29H,6-7,11-16H2,1H3,(H,27,30)/t19-,20+,22-,25+/m0/s1. The van der Waals surface area contributed by atoms with Gasteiger partial charge in [-0.15, -0.1) is 0 Å². The minimum Gasteiger partial charge on any atom is -0.454 e. The number of ether oxygens (including phenoxy) is 4. The topological polar surface area (TPSA) is 124 Å². The first-order valence-electron chi connectivity index (χ1n) is 12.4. The Kier molecular flexibility index (Phi) is 7.68. The largest absolute Gasteiger partial charge is 0.454 e. The minimum atomic E-state index is -3.87. The van der Waals surface area contributed by atoms with Crippen LogP contribution in [0.5, 0.6) is 11.5 Å². The average molecular weight is 533 g/mol. The van der Waals surface area contributed by atoms with Crippen LogP contribution in [0.1, 0.15) is 30.4 Å². The zero-order valence-corrected chi connectivity index (χ0v) is 21.5.